The first-order valence-electron chi connectivity index (χ1n) is 8.28. The number of anilines is 1. The highest BCUT2D eigenvalue weighted by atomic mass is 35.5. The van der Waals surface area contributed by atoms with Crippen molar-refractivity contribution in [2.24, 2.45) is 0 Å². The number of hydrogen-bond donors (Lipinski definition) is 3. The second-order valence-electron chi connectivity index (χ2n) is 5.90. The molecular formula is C18H19ClF3N3O3. The third-order valence-corrected chi connectivity index (χ3v) is 4.23. The van der Waals surface area contributed by atoms with Crippen molar-refractivity contribution in [1.29, 1.82) is 0 Å². The van der Waals surface area contributed by atoms with E-state index in [0.29, 0.717) is 28.9 Å². The molecular weight excluding hydrogens is 399 g/mol. The number of rotatable bonds is 6. The van der Waals surface area contributed by atoms with Crippen molar-refractivity contribution in [3.63, 3.8) is 0 Å². The van der Waals surface area contributed by atoms with Gasteiger partial charge in [-0.15, -0.1) is 0 Å². The van der Waals surface area contributed by atoms with E-state index in [-0.39, 0.29) is 23.6 Å². The fourth-order valence-corrected chi connectivity index (χ4v) is 2.83. The van der Waals surface area contributed by atoms with Crippen LogP contribution in [0.25, 0.3) is 0 Å². The number of aromatic nitrogens is 1. The van der Waals surface area contributed by atoms with Gasteiger partial charge in [-0.2, -0.15) is 13.2 Å². The maximum Gasteiger partial charge on any atom is 0.431 e. The van der Waals surface area contributed by atoms with Gasteiger partial charge >= 0.3 is 6.18 Å². The summed E-state index contributed by atoms with van der Waals surface area (Å²) in [5.41, 5.74) is -0.645. The SMILES string of the molecule is CCNc1cc(Cl)cc(C(=O)NCc2c(OC)[nH]c(C(F)(F)F)cc2=O)c1C. The number of alkyl halides is 3. The van der Waals surface area contributed by atoms with Crippen molar-refractivity contribution in [3.05, 3.63) is 55.8 Å². The van der Waals surface area contributed by atoms with Crippen molar-refractivity contribution < 1.29 is 22.7 Å². The molecule has 152 valence electrons. The third kappa shape index (κ3) is 4.78. The first-order valence-corrected chi connectivity index (χ1v) is 8.65. The van der Waals surface area contributed by atoms with Gasteiger partial charge in [-0.25, -0.2) is 0 Å². The molecule has 0 radical (unpaired) electrons. The Labute approximate surface area is 164 Å². The maximum absolute atomic E-state index is 12.8. The number of ether oxygens (including phenoxy) is 1. The second kappa shape index (κ2) is 8.55. The highest BCUT2D eigenvalue weighted by Gasteiger charge is 2.33. The smallest absolute Gasteiger partial charge is 0.431 e. The molecule has 0 aliphatic carbocycles. The minimum atomic E-state index is -4.73. The Morgan fingerprint density at radius 1 is 1.29 bits per heavy atom. The average Bonchev–Trinajstić information content (AvgIpc) is 2.61. The molecule has 1 aromatic heterocycles. The molecule has 0 spiro atoms. The minimum Gasteiger partial charge on any atom is -0.482 e. The summed E-state index contributed by atoms with van der Waals surface area (Å²) < 4.78 is 43.3. The number of H-pyrrole nitrogens is 1. The molecule has 0 aliphatic heterocycles. The van der Waals surface area contributed by atoms with E-state index in [2.05, 4.69) is 10.6 Å². The quantitative estimate of drug-likeness (QED) is 0.669. The van der Waals surface area contributed by atoms with E-state index in [1.54, 1.807) is 13.0 Å². The zero-order chi connectivity index (χ0) is 21.1. The number of benzene rings is 1. The van der Waals surface area contributed by atoms with E-state index in [4.69, 9.17) is 16.3 Å². The number of hydrogen-bond acceptors (Lipinski definition) is 4. The van der Waals surface area contributed by atoms with Gasteiger partial charge in [0.15, 0.2) is 11.3 Å². The Morgan fingerprint density at radius 2 is 1.96 bits per heavy atom. The summed E-state index contributed by atoms with van der Waals surface area (Å²) in [6, 6.07) is 3.58. The van der Waals surface area contributed by atoms with Gasteiger partial charge in [0.1, 0.15) is 5.69 Å². The van der Waals surface area contributed by atoms with E-state index < -0.39 is 23.2 Å². The normalized spacial score (nSPS) is 11.2. The summed E-state index contributed by atoms with van der Waals surface area (Å²) >= 11 is 6.05. The number of nitrogens with one attached hydrogen (secondary N) is 3. The Hall–Kier alpha value is -2.68. The van der Waals surface area contributed by atoms with Gasteiger partial charge in [-0.05, 0) is 31.5 Å². The first-order chi connectivity index (χ1) is 13.1. The van der Waals surface area contributed by atoms with Crippen LogP contribution in [0.4, 0.5) is 18.9 Å². The molecule has 0 saturated carbocycles. The predicted molar refractivity (Wildman–Crippen MR) is 100 cm³/mol. The molecule has 0 atom stereocenters. The Kier molecular flexibility index (Phi) is 6.60. The average molecular weight is 418 g/mol. The summed E-state index contributed by atoms with van der Waals surface area (Å²) in [7, 11) is 1.13. The van der Waals surface area contributed by atoms with Gasteiger partial charge in [0.05, 0.1) is 19.2 Å². The van der Waals surface area contributed by atoms with Crippen molar-refractivity contribution in [2.75, 3.05) is 19.0 Å². The van der Waals surface area contributed by atoms with Crippen LogP contribution in [0.15, 0.2) is 23.0 Å². The fraction of sp³-hybridized carbons (Fsp3) is 0.333. The molecule has 0 unspecified atom stereocenters. The monoisotopic (exact) mass is 417 g/mol. The molecule has 2 rings (SSSR count). The van der Waals surface area contributed by atoms with Crippen molar-refractivity contribution >= 4 is 23.2 Å². The fourth-order valence-electron chi connectivity index (χ4n) is 2.61. The first kappa shape index (κ1) is 21.6. The second-order valence-corrected chi connectivity index (χ2v) is 6.33. The maximum atomic E-state index is 12.8. The van der Waals surface area contributed by atoms with Crippen LogP contribution in [0.5, 0.6) is 5.88 Å². The summed E-state index contributed by atoms with van der Waals surface area (Å²) in [5, 5.41) is 5.95. The zero-order valence-corrected chi connectivity index (χ0v) is 16.1. The van der Waals surface area contributed by atoms with E-state index in [0.717, 1.165) is 7.11 Å². The van der Waals surface area contributed by atoms with Crippen molar-refractivity contribution in [1.82, 2.24) is 10.3 Å². The van der Waals surface area contributed by atoms with Crippen LogP contribution in [-0.2, 0) is 12.7 Å². The van der Waals surface area contributed by atoms with Crippen molar-refractivity contribution in [3.8, 4) is 5.88 Å². The molecule has 0 bridgehead atoms. The molecule has 2 aromatic rings. The standard InChI is InChI=1S/C18H19ClF3N3O3/c1-4-23-13-6-10(19)5-11(9(13)2)16(27)24-8-12-14(26)7-15(18(20,21)22)25-17(12)28-3/h5-7,23H,4,8H2,1-3H3,(H,24,27)(H,25,26). The lowest BCUT2D eigenvalue weighted by Crippen LogP contribution is -2.28. The van der Waals surface area contributed by atoms with Gasteiger partial charge in [-0.3, -0.25) is 9.59 Å². The molecule has 6 nitrogen and oxygen atoms in total. The lowest BCUT2D eigenvalue weighted by molar-refractivity contribution is -0.141. The van der Waals surface area contributed by atoms with Gasteiger partial charge in [0.25, 0.3) is 5.91 Å². The van der Waals surface area contributed by atoms with Crippen molar-refractivity contribution in [2.45, 2.75) is 26.6 Å². The number of carbonyl (C=O) groups is 1. The highest BCUT2D eigenvalue weighted by molar-refractivity contribution is 6.31. The summed E-state index contributed by atoms with van der Waals surface area (Å²) in [5.74, 6) is -0.892. The number of amides is 1. The minimum absolute atomic E-state index is 0.129. The topological polar surface area (TPSA) is 83.2 Å². The molecule has 1 heterocycles. The summed E-state index contributed by atoms with van der Waals surface area (Å²) in [6.45, 7) is 3.93. The lowest BCUT2D eigenvalue weighted by atomic mass is 10.1. The molecule has 10 heteroatoms. The van der Waals surface area contributed by atoms with E-state index in [1.165, 1.54) is 6.07 Å². The van der Waals surface area contributed by atoms with Crippen LogP contribution in [0, 0.1) is 6.92 Å². The van der Waals surface area contributed by atoms with Crippen LogP contribution in [-0.4, -0.2) is 24.5 Å². The zero-order valence-electron chi connectivity index (χ0n) is 15.4. The van der Waals surface area contributed by atoms with Crippen LogP contribution in [0.3, 0.4) is 0 Å². The highest BCUT2D eigenvalue weighted by Crippen LogP contribution is 2.29. The largest absolute Gasteiger partial charge is 0.482 e. The molecule has 0 aliphatic rings. The van der Waals surface area contributed by atoms with Gasteiger partial charge in [0.2, 0.25) is 0 Å². The molecule has 1 aromatic carbocycles. The third-order valence-electron chi connectivity index (χ3n) is 4.01. The Bertz CT molecular complexity index is 942. The molecule has 0 fully saturated rings. The number of pyridine rings is 1. The number of aromatic amines is 1. The van der Waals surface area contributed by atoms with E-state index in [1.807, 2.05) is 11.9 Å². The van der Waals surface area contributed by atoms with Crippen LogP contribution in [0.2, 0.25) is 5.02 Å². The van der Waals surface area contributed by atoms with Gasteiger partial charge in [0, 0.05) is 28.9 Å². The summed E-state index contributed by atoms with van der Waals surface area (Å²) in [6.07, 6.45) is -4.73. The number of carbonyl (C=O) groups excluding carboxylic acids is 1. The Balaban J connectivity index is 2.30. The molecule has 0 saturated heterocycles. The predicted octanol–water partition coefficient (Wildman–Crippen LogP) is 3.73. The Morgan fingerprint density at radius 3 is 2.54 bits per heavy atom. The van der Waals surface area contributed by atoms with E-state index in [9.17, 15) is 22.8 Å². The van der Waals surface area contributed by atoms with Crippen LogP contribution < -0.4 is 20.8 Å². The van der Waals surface area contributed by atoms with Crippen LogP contribution in [0.1, 0.15) is 34.1 Å². The number of halogens is 4. The molecule has 28 heavy (non-hydrogen) atoms. The molecule has 1 amide bonds. The van der Waals surface area contributed by atoms with E-state index >= 15 is 0 Å². The summed E-state index contributed by atoms with van der Waals surface area (Å²) in [4.78, 5) is 26.7. The van der Waals surface area contributed by atoms with Gasteiger partial charge in [-0.1, -0.05) is 11.6 Å². The van der Waals surface area contributed by atoms with Gasteiger partial charge < -0.3 is 20.4 Å². The lowest BCUT2D eigenvalue weighted by Gasteiger charge is -2.15. The van der Waals surface area contributed by atoms with Crippen LogP contribution >= 0.6 is 11.6 Å². The molecule has 3 N–H and O–H groups in total. The number of methoxy groups -OCH3 is 1.